The Morgan fingerprint density at radius 2 is 2.05 bits per heavy atom. The fourth-order valence-electron chi connectivity index (χ4n) is 2.97. The highest BCUT2D eigenvalue weighted by Gasteiger charge is 2.21. The molecule has 1 aliphatic heterocycles. The van der Waals surface area contributed by atoms with E-state index in [9.17, 15) is 9.18 Å². The number of nitrogens with zero attached hydrogens (tertiary/aromatic N) is 1. The molecule has 0 bridgehead atoms. The fourth-order valence-corrected chi connectivity index (χ4v) is 2.97. The molecule has 1 aromatic heterocycles. The number of rotatable bonds is 3. The van der Waals surface area contributed by atoms with E-state index in [1.54, 1.807) is 6.07 Å². The molecule has 4 heteroatoms. The standard InChI is InChI=1S/C17H19FN2O/c1-12-4-5-13(18)11-15(12)17(21)16-3-2-10-20(16)14-6-8-19-9-7-14/h2-5,10-11,14,19H,6-9H2,1H3. The van der Waals surface area contributed by atoms with E-state index in [0.717, 1.165) is 31.5 Å². The summed E-state index contributed by atoms with van der Waals surface area (Å²) < 4.78 is 15.5. The molecule has 2 aromatic rings. The summed E-state index contributed by atoms with van der Waals surface area (Å²) >= 11 is 0. The van der Waals surface area contributed by atoms with E-state index >= 15 is 0 Å². The van der Waals surface area contributed by atoms with Crippen LogP contribution < -0.4 is 5.32 Å². The lowest BCUT2D eigenvalue weighted by atomic mass is 10.0. The van der Waals surface area contributed by atoms with Gasteiger partial charge in [-0.2, -0.15) is 0 Å². The van der Waals surface area contributed by atoms with Crippen LogP contribution in [0.15, 0.2) is 36.5 Å². The number of aromatic nitrogens is 1. The van der Waals surface area contributed by atoms with E-state index in [1.807, 2.05) is 29.8 Å². The molecule has 1 fully saturated rings. The molecule has 1 aliphatic rings. The average Bonchev–Trinajstić information content (AvgIpc) is 2.99. The SMILES string of the molecule is Cc1ccc(F)cc1C(=O)c1cccn1C1CCNCC1. The van der Waals surface area contributed by atoms with Gasteiger partial charge in [-0.15, -0.1) is 0 Å². The molecule has 0 saturated carbocycles. The topological polar surface area (TPSA) is 34.0 Å². The third kappa shape index (κ3) is 2.76. The minimum atomic E-state index is -0.371. The Bertz CT molecular complexity index is 657. The van der Waals surface area contributed by atoms with Crippen LogP contribution in [0.5, 0.6) is 0 Å². The second-order valence-electron chi connectivity index (χ2n) is 5.57. The highest BCUT2D eigenvalue weighted by atomic mass is 19.1. The van der Waals surface area contributed by atoms with E-state index in [2.05, 4.69) is 5.32 Å². The van der Waals surface area contributed by atoms with Gasteiger partial charge in [0.25, 0.3) is 0 Å². The summed E-state index contributed by atoms with van der Waals surface area (Å²) in [5.74, 6) is -0.473. The van der Waals surface area contributed by atoms with E-state index < -0.39 is 0 Å². The minimum absolute atomic E-state index is 0.101. The van der Waals surface area contributed by atoms with Crippen LogP contribution >= 0.6 is 0 Å². The number of benzene rings is 1. The maximum absolute atomic E-state index is 13.4. The Morgan fingerprint density at radius 3 is 2.81 bits per heavy atom. The van der Waals surface area contributed by atoms with Gasteiger partial charge in [0.2, 0.25) is 5.78 Å². The van der Waals surface area contributed by atoms with Crippen molar-refractivity contribution in [2.24, 2.45) is 0 Å². The lowest BCUT2D eigenvalue weighted by Crippen LogP contribution is -2.30. The summed E-state index contributed by atoms with van der Waals surface area (Å²) in [4.78, 5) is 12.7. The number of hydrogen-bond acceptors (Lipinski definition) is 2. The molecule has 110 valence electrons. The van der Waals surface area contributed by atoms with Crippen molar-refractivity contribution in [2.75, 3.05) is 13.1 Å². The first kappa shape index (κ1) is 14.0. The van der Waals surface area contributed by atoms with Gasteiger partial charge in [-0.3, -0.25) is 4.79 Å². The molecule has 3 nitrogen and oxygen atoms in total. The normalized spacial score (nSPS) is 16.1. The smallest absolute Gasteiger partial charge is 0.209 e. The highest BCUT2D eigenvalue weighted by molar-refractivity contribution is 6.09. The minimum Gasteiger partial charge on any atom is -0.342 e. The molecule has 2 heterocycles. The molecule has 0 radical (unpaired) electrons. The molecular weight excluding hydrogens is 267 g/mol. The van der Waals surface area contributed by atoms with E-state index in [0.29, 0.717) is 17.3 Å². The predicted molar refractivity (Wildman–Crippen MR) is 80.1 cm³/mol. The summed E-state index contributed by atoms with van der Waals surface area (Å²) in [7, 11) is 0. The molecule has 0 unspecified atom stereocenters. The first-order chi connectivity index (χ1) is 10.2. The molecule has 1 saturated heterocycles. The highest BCUT2D eigenvalue weighted by Crippen LogP contribution is 2.24. The second-order valence-corrected chi connectivity index (χ2v) is 5.57. The summed E-state index contributed by atoms with van der Waals surface area (Å²) in [5, 5.41) is 3.33. The zero-order valence-electron chi connectivity index (χ0n) is 12.1. The van der Waals surface area contributed by atoms with Crippen molar-refractivity contribution >= 4 is 5.78 Å². The molecule has 0 spiro atoms. The Labute approximate surface area is 123 Å². The number of piperidine rings is 1. The molecule has 21 heavy (non-hydrogen) atoms. The summed E-state index contributed by atoms with van der Waals surface area (Å²) in [5.41, 5.74) is 1.90. The second kappa shape index (κ2) is 5.82. The number of carbonyl (C=O) groups excluding carboxylic acids is 1. The first-order valence-electron chi connectivity index (χ1n) is 7.35. The van der Waals surface area contributed by atoms with E-state index in [4.69, 9.17) is 0 Å². The third-order valence-electron chi connectivity index (χ3n) is 4.16. The average molecular weight is 286 g/mol. The van der Waals surface area contributed by atoms with Crippen LogP contribution in [0.1, 0.15) is 40.5 Å². The van der Waals surface area contributed by atoms with E-state index in [-0.39, 0.29) is 11.6 Å². The van der Waals surface area contributed by atoms with Crippen molar-refractivity contribution in [1.82, 2.24) is 9.88 Å². The van der Waals surface area contributed by atoms with Crippen LogP contribution in [-0.4, -0.2) is 23.4 Å². The quantitative estimate of drug-likeness (QED) is 0.880. The van der Waals surface area contributed by atoms with Gasteiger partial charge < -0.3 is 9.88 Å². The molecule has 1 N–H and O–H groups in total. The van der Waals surface area contributed by atoms with Crippen LogP contribution in [0, 0.1) is 12.7 Å². The summed E-state index contributed by atoms with van der Waals surface area (Å²) in [6.45, 7) is 3.77. The van der Waals surface area contributed by atoms with Crippen molar-refractivity contribution in [3.05, 3.63) is 59.2 Å². The third-order valence-corrected chi connectivity index (χ3v) is 4.16. The van der Waals surface area contributed by atoms with Crippen molar-refractivity contribution in [1.29, 1.82) is 0 Å². The van der Waals surface area contributed by atoms with Gasteiger partial charge in [-0.25, -0.2) is 4.39 Å². The van der Waals surface area contributed by atoms with Crippen LogP contribution in [-0.2, 0) is 0 Å². The molecule has 0 aliphatic carbocycles. The van der Waals surface area contributed by atoms with Gasteiger partial charge >= 0.3 is 0 Å². The number of halogens is 1. The lowest BCUT2D eigenvalue weighted by molar-refractivity contribution is 0.102. The zero-order valence-corrected chi connectivity index (χ0v) is 12.1. The first-order valence-corrected chi connectivity index (χ1v) is 7.35. The summed E-state index contributed by atoms with van der Waals surface area (Å²) in [6.07, 6.45) is 3.98. The van der Waals surface area contributed by atoms with Crippen molar-refractivity contribution in [3.8, 4) is 0 Å². The van der Waals surface area contributed by atoms with E-state index in [1.165, 1.54) is 12.1 Å². The molecule has 0 atom stereocenters. The maximum Gasteiger partial charge on any atom is 0.209 e. The van der Waals surface area contributed by atoms with Crippen molar-refractivity contribution < 1.29 is 9.18 Å². The number of carbonyl (C=O) groups is 1. The van der Waals surface area contributed by atoms with Crippen LogP contribution in [0.3, 0.4) is 0 Å². The van der Waals surface area contributed by atoms with Gasteiger partial charge in [0.1, 0.15) is 5.82 Å². The Morgan fingerprint density at radius 1 is 1.29 bits per heavy atom. The Hall–Kier alpha value is -1.94. The van der Waals surface area contributed by atoms with Crippen LogP contribution in [0.2, 0.25) is 0 Å². The molecule has 0 amide bonds. The molecular formula is C17H19FN2O. The van der Waals surface area contributed by atoms with Crippen molar-refractivity contribution in [2.45, 2.75) is 25.8 Å². The van der Waals surface area contributed by atoms with Gasteiger partial charge in [0, 0.05) is 17.8 Å². The molecule has 1 aromatic carbocycles. The number of ketones is 1. The van der Waals surface area contributed by atoms with Gasteiger partial charge in [-0.1, -0.05) is 6.07 Å². The maximum atomic E-state index is 13.4. The number of aryl methyl sites for hydroxylation is 1. The van der Waals surface area contributed by atoms with Gasteiger partial charge in [0.15, 0.2) is 0 Å². The van der Waals surface area contributed by atoms with Gasteiger partial charge in [-0.05, 0) is 62.7 Å². The Kier molecular flexibility index (Phi) is 3.88. The van der Waals surface area contributed by atoms with Gasteiger partial charge in [0.05, 0.1) is 5.69 Å². The predicted octanol–water partition coefficient (Wildman–Crippen LogP) is 3.09. The fraction of sp³-hybridized carbons (Fsp3) is 0.353. The largest absolute Gasteiger partial charge is 0.342 e. The molecule has 3 rings (SSSR count). The number of hydrogen-bond donors (Lipinski definition) is 1. The van der Waals surface area contributed by atoms with Crippen LogP contribution in [0.25, 0.3) is 0 Å². The number of nitrogens with one attached hydrogen (secondary N) is 1. The monoisotopic (exact) mass is 286 g/mol. The lowest BCUT2D eigenvalue weighted by Gasteiger charge is -2.26. The summed E-state index contributed by atoms with van der Waals surface area (Å²) in [6, 6.07) is 8.43. The Balaban J connectivity index is 1.95. The van der Waals surface area contributed by atoms with Crippen molar-refractivity contribution in [3.63, 3.8) is 0 Å². The van der Waals surface area contributed by atoms with Crippen LogP contribution in [0.4, 0.5) is 4.39 Å². The zero-order chi connectivity index (χ0) is 14.8.